The predicted octanol–water partition coefficient (Wildman–Crippen LogP) is 4.29. The van der Waals surface area contributed by atoms with Crippen molar-refractivity contribution in [2.75, 3.05) is 10.6 Å². The fourth-order valence-corrected chi connectivity index (χ4v) is 3.29. The van der Waals surface area contributed by atoms with Crippen molar-refractivity contribution < 1.29 is 19.5 Å². The van der Waals surface area contributed by atoms with Crippen LogP contribution in [0.15, 0.2) is 60.8 Å². The molecular formula is C23H14ClN5O4. The number of halogens is 1. The molecular weight excluding hydrogens is 446 g/mol. The number of rotatable bonds is 5. The number of nitrogens with one attached hydrogen (secondary N) is 3. The molecule has 2 amide bonds. The molecule has 0 aliphatic rings. The first-order valence-corrected chi connectivity index (χ1v) is 9.87. The molecule has 0 saturated carbocycles. The van der Waals surface area contributed by atoms with Crippen LogP contribution in [0.1, 0.15) is 36.8 Å². The smallest absolute Gasteiger partial charge is 0.337 e. The lowest BCUT2D eigenvalue weighted by Gasteiger charge is -2.08. The number of carbonyl (C=O) groups excluding carboxylic acids is 2. The monoisotopic (exact) mass is 459 g/mol. The molecule has 4 aromatic rings. The number of nitrogens with zero attached hydrogens (tertiary/aromatic N) is 2. The summed E-state index contributed by atoms with van der Waals surface area (Å²) >= 11 is 5.75. The van der Waals surface area contributed by atoms with Crippen molar-refractivity contribution in [2.45, 2.75) is 0 Å². The third-order valence-electron chi connectivity index (χ3n) is 4.77. The van der Waals surface area contributed by atoms with E-state index in [0.29, 0.717) is 22.2 Å². The van der Waals surface area contributed by atoms with Crippen molar-refractivity contribution in [1.29, 1.82) is 5.26 Å². The first-order chi connectivity index (χ1) is 15.9. The number of hydrogen-bond donors (Lipinski definition) is 4. The van der Waals surface area contributed by atoms with Crippen LogP contribution in [0, 0.1) is 11.3 Å². The number of fused-ring (bicyclic) bond motifs is 1. The van der Waals surface area contributed by atoms with Crippen LogP contribution >= 0.6 is 11.6 Å². The normalized spacial score (nSPS) is 10.4. The van der Waals surface area contributed by atoms with Gasteiger partial charge < -0.3 is 20.7 Å². The number of carboxylic acids is 1. The number of nitriles is 1. The number of hydrogen-bond acceptors (Lipinski definition) is 5. The highest BCUT2D eigenvalue weighted by atomic mass is 35.5. The Morgan fingerprint density at radius 2 is 1.79 bits per heavy atom. The van der Waals surface area contributed by atoms with Gasteiger partial charge in [0.05, 0.1) is 39.7 Å². The number of anilines is 2. The van der Waals surface area contributed by atoms with Crippen molar-refractivity contribution in [2.24, 2.45) is 0 Å². The predicted molar refractivity (Wildman–Crippen MR) is 122 cm³/mol. The van der Waals surface area contributed by atoms with E-state index in [1.54, 1.807) is 24.3 Å². The number of pyridine rings is 1. The van der Waals surface area contributed by atoms with Gasteiger partial charge in [-0.15, -0.1) is 0 Å². The van der Waals surface area contributed by atoms with Crippen molar-refractivity contribution in [1.82, 2.24) is 9.97 Å². The lowest BCUT2D eigenvalue weighted by molar-refractivity contribution is 0.0697. The van der Waals surface area contributed by atoms with E-state index >= 15 is 0 Å². The number of amides is 2. The van der Waals surface area contributed by atoms with E-state index in [1.165, 1.54) is 36.5 Å². The van der Waals surface area contributed by atoms with E-state index in [4.69, 9.17) is 16.9 Å². The second-order valence-corrected chi connectivity index (χ2v) is 7.30. The lowest BCUT2D eigenvalue weighted by Crippen LogP contribution is -2.15. The molecule has 0 saturated heterocycles. The summed E-state index contributed by atoms with van der Waals surface area (Å²) in [5.41, 5.74) is 1.42. The topological polar surface area (TPSA) is 148 Å². The van der Waals surface area contributed by atoms with Gasteiger partial charge in [-0.3, -0.25) is 9.59 Å². The highest BCUT2D eigenvalue weighted by molar-refractivity contribution is 6.29. The maximum atomic E-state index is 12.8. The second-order valence-electron chi connectivity index (χ2n) is 6.91. The molecule has 0 spiro atoms. The number of carbonyl (C=O) groups is 3. The summed E-state index contributed by atoms with van der Waals surface area (Å²) in [5.74, 6) is -2.27. The molecule has 10 heteroatoms. The number of aromatic carboxylic acids is 1. The minimum absolute atomic E-state index is 0.0499. The molecule has 0 aliphatic heterocycles. The van der Waals surface area contributed by atoms with Gasteiger partial charge in [0.25, 0.3) is 11.8 Å². The van der Waals surface area contributed by atoms with E-state index in [-0.39, 0.29) is 27.7 Å². The number of para-hydroxylation sites is 1. The summed E-state index contributed by atoms with van der Waals surface area (Å²) in [5, 5.41) is 24.6. The van der Waals surface area contributed by atoms with E-state index in [9.17, 15) is 19.5 Å². The highest BCUT2D eigenvalue weighted by Crippen LogP contribution is 2.25. The molecule has 4 N–H and O–H groups in total. The van der Waals surface area contributed by atoms with Crippen molar-refractivity contribution in [3.8, 4) is 6.07 Å². The SMILES string of the molecule is N#Cc1ccc(NC(=O)c2cc3cccc(NC(=O)c4ccc(Cl)nc4)c3[nH]2)c(C(=O)O)c1. The molecule has 4 rings (SSSR count). The Morgan fingerprint density at radius 1 is 1.00 bits per heavy atom. The Balaban J connectivity index is 1.61. The van der Waals surface area contributed by atoms with Crippen molar-refractivity contribution in [3.63, 3.8) is 0 Å². The minimum atomic E-state index is -1.28. The molecule has 0 unspecified atom stereocenters. The molecule has 2 heterocycles. The molecule has 0 atom stereocenters. The quantitative estimate of drug-likeness (QED) is 0.327. The van der Waals surface area contributed by atoms with Crippen LogP contribution in [0.3, 0.4) is 0 Å². The van der Waals surface area contributed by atoms with E-state index in [1.807, 2.05) is 6.07 Å². The van der Waals surface area contributed by atoms with E-state index < -0.39 is 17.8 Å². The third-order valence-corrected chi connectivity index (χ3v) is 4.99. The molecule has 162 valence electrons. The second kappa shape index (κ2) is 8.82. The van der Waals surface area contributed by atoms with Gasteiger partial charge in [-0.25, -0.2) is 9.78 Å². The summed E-state index contributed by atoms with van der Waals surface area (Å²) in [6.07, 6.45) is 1.35. The van der Waals surface area contributed by atoms with Gasteiger partial charge in [-0.2, -0.15) is 5.26 Å². The fourth-order valence-electron chi connectivity index (χ4n) is 3.18. The summed E-state index contributed by atoms with van der Waals surface area (Å²) < 4.78 is 0. The molecule has 2 aromatic carbocycles. The van der Waals surface area contributed by atoms with Gasteiger partial charge in [0.1, 0.15) is 10.8 Å². The summed E-state index contributed by atoms with van der Waals surface area (Å²) in [6.45, 7) is 0. The Kier molecular flexibility index (Phi) is 5.76. The minimum Gasteiger partial charge on any atom is -0.478 e. The number of aromatic nitrogens is 2. The fraction of sp³-hybridized carbons (Fsp3) is 0. The first-order valence-electron chi connectivity index (χ1n) is 9.49. The number of carboxylic acid groups (broad SMARTS) is 1. The molecule has 0 bridgehead atoms. The van der Waals surface area contributed by atoms with Crippen LogP contribution in [0.25, 0.3) is 10.9 Å². The van der Waals surface area contributed by atoms with Gasteiger partial charge >= 0.3 is 5.97 Å². The molecule has 9 nitrogen and oxygen atoms in total. The van der Waals surface area contributed by atoms with Crippen LogP contribution in [0.4, 0.5) is 11.4 Å². The van der Waals surface area contributed by atoms with Gasteiger partial charge in [0.15, 0.2) is 0 Å². The zero-order valence-corrected chi connectivity index (χ0v) is 17.5. The van der Waals surface area contributed by atoms with Crippen molar-refractivity contribution in [3.05, 3.63) is 88.3 Å². The Hall–Kier alpha value is -4.68. The van der Waals surface area contributed by atoms with Gasteiger partial charge in [0.2, 0.25) is 0 Å². The number of benzene rings is 2. The molecule has 0 radical (unpaired) electrons. The maximum absolute atomic E-state index is 12.8. The van der Waals surface area contributed by atoms with Crippen LogP contribution in [0.5, 0.6) is 0 Å². The van der Waals surface area contributed by atoms with Gasteiger partial charge in [-0.05, 0) is 42.5 Å². The molecule has 33 heavy (non-hydrogen) atoms. The highest BCUT2D eigenvalue weighted by Gasteiger charge is 2.17. The van der Waals surface area contributed by atoms with Gasteiger partial charge in [0, 0.05) is 11.6 Å². The van der Waals surface area contributed by atoms with Crippen LogP contribution in [-0.2, 0) is 0 Å². The molecule has 0 fully saturated rings. The Labute approximate surface area is 191 Å². The lowest BCUT2D eigenvalue weighted by atomic mass is 10.1. The summed E-state index contributed by atoms with van der Waals surface area (Å²) in [6, 6.07) is 15.6. The maximum Gasteiger partial charge on any atom is 0.337 e. The van der Waals surface area contributed by atoms with Crippen LogP contribution in [0.2, 0.25) is 5.15 Å². The van der Waals surface area contributed by atoms with E-state index in [2.05, 4.69) is 20.6 Å². The third kappa shape index (κ3) is 4.51. The Morgan fingerprint density at radius 3 is 2.48 bits per heavy atom. The van der Waals surface area contributed by atoms with Crippen molar-refractivity contribution >= 4 is 51.7 Å². The number of H-pyrrole nitrogens is 1. The zero-order chi connectivity index (χ0) is 23.5. The van der Waals surface area contributed by atoms with Gasteiger partial charge in [-0.1, -0.05) is 23.7 Å². The zero-order valence-electron chi connectivity index (χ0n) is 16.7. The molecule has 0 aliphatic carbocycles. The summed E-state index contributed by atoms with van der Waals surface area (Å²) in [4.78, 5) is 43.7. The Bertz CT molecular complexity index is 1450. The van der Waals surface area contributed by atoms with E-state index in [0.717, 1.165) is 0 Å². The molecule has 2 aromatic heterocycles. The average molecular weight is 460 g/mol. The summed E-state index contributed by atoms with van der Waals surface area (Å²) in [7, 11) is 0. The van der Waals surface area contributed by atoms with Crippen LogP contribution in [-0.4, -0.2) is 32.9 Å². The standard InChI is InChI=1S/C23H14ClN5O4/c24-19-7-5-14(11-26-19)21(30)29-17-3-1-2-13-9-18(27-20(13)17)22(31)28-16-6-4-12(10-25)8-15(16)23(32)33/h1-9,11,27H,(H,28,31)(H,29,30)(H,32,33). The first kappa shape index (κ1) is 21.5. The number of aromatic amines is 1. The van der Waals surface area contributed by atoms with Crippen LogP contribution < -0.4 is 10.6 Å². The largest absolute Gasteiger partial charge is 0.478 e. The average Bonchev–Trinajstić information content (AvgIpc) is 3.25.